The summed E-state index contributed by atoms with van der Waals surface area (Å²) in [6.07, 6.45) is 1.14. The van der Waals surface area contributed by atoms with Gasteiger partial charge in [0, 0.05) is 24.0 Å². The van der Waals surface area contributed by atoms with Gasteiger partial charge in [0.15, 0.2) is 0 Å². The summed E-state index contributed by atoms with van der Waals surface area (Å²) in [5, 5.41) is 3.51. The Balaban J connectivity index is 2.03. The molecule has 0 aliphatic carbocycles. The zero-order chi connectivity index (χ0) is 15.5. The highest BCUT2D eigenvalue weighted by atomic mass is 32.2. The molecule has 1 aromatic carbocycles. The van der Waals surface area contributed by atoms with Crippen molar-refractivity contribution in [2.45, 2.75) is 38.1 Å². The molecule has 1 atom stereocenters. The average Bonchev–Trinajstić information content (AvgIpc) is 2.38. The van der Waals surface area contributed by atoms with E-state index in [1.165, 1.54) is 5.75 Å². The molecule has 1 saturated heterocycles. The fraction of sp³-hybridized carbons (Fsp3) is 0.600. The molecule has 1 aromatic rings. The van der Waals surface area contributed by atoms with Crippen LogP contribution in [0.1, 0.15) is 27.2 Å². The Bertz CT molecular complexity index is 568. The molecule has 0 radical (unpaired) electrons. The fourth-order valence-corrected chi connectivity index (χ4v) is 4.91. The van der Waals surface area contributed by atoms with Crippen LogP contribution in [0.15, 0.2) is 29.2 Å². The van der Waals surface area contributed by atoms with Crippen LogP contribution in [0, 0.1) is 5.41 Å². The molecule has 2 rings (SSSR count). The predicted octanol–water partition coefficient (Wildman–Crippen LogP) is 2.93. The van der Waals surface area contributed by atoms with E-state index in [1.54, 1.807) is 19.1 Å². The molecule has 118 valence electrons. The molecule has 2 N–H and O–H groups in total. The average molecular weight is 329 g/mol. The Morgan fingerprint density at radius 3 is 2.52 bits per heavy atom. The van der Waals surface area contributed by atoms with Gasteiger partial charge in [-0.2, -0.15) is 11.8 Å². The third kappa shape index (κ3) is 4.63. The van der Waals surface area contributed by atoms with Crippen molar-refractivity contribution in [3.05, 3.63) is 24.3 Å². The number of rotatable bonds is 5. The number of benzene rings is 1. The molecule has 1 heterocycles. The first-order valence-electron chi connectivity index (χ1n) is 7.26. The molecule has 1 unspecified atom stereocenters. The Kier molecular flexibility index (Phi) is 5.22. The molecule has 0 aromatic heterocycles. The normalized spacial score (nSPS) is 22.0. The van der Waals surface area contributed by atoms with Crippen LogP contribution >= 0.6 is 11.8 Å². The van der Waals surface area contributed by atoms with E-state index in [9.17, 15) is 8.42 Å². The minimum Gasteiger partial charge on any atom is -0.381 e. The Labute approximate surface area is 132 Å². The van der Waals surface area contributed by atoms with Crippen LogP contribution in [-0.2, 0) is 10.0 Å². The lowest BCUT2D eigenvalue weighted by molar-refractivity contribution is 0.358. The third-order valence-corrected chi connectivity index (χ3v) is 6.67. The molecule has 0 bridgehead atoms. The number of sulfonamides is 1. The quantitative estimate of drug-likeness (QED) is 0.872. The first-order valence-corrected chi connectivity index (χ1v) is 9.90. The molecule has 6 heteroatoms. The summed E-state index contributed by atoms with van der Waals surface area (Å²) in [5.41, 5.74) is 1.34. The van der Waals surface area contributed by atoms with Gasteiger partial charge in [-0.15, -0.1) is 0 Å². The summed E-state index contributed by atoms with van der Waals surface area (Å²) in [7, 11) is -3.36. The van der Waals surface area contributed by atoms with Gasteiger partial charge in [0.1, 0.15) is 0 Å². The molecular formula is C15H24N2O2S2. The molecular weight excluding hydrogens is 304 g/mol. The van der Waals surface area contributed by atoms with E-state index < -0.39 is 10.0 Å². The highest BCUT2D eigenvalue weighted by Crippen LogP contribution is 2.34. The van der Waals surface area contributed by atoms with Gasteiger partial charge in [-0.1, -0.05) is 20.8 Å². The molecule has 0 spiro atoms. The highest BCUT2D eigenvalue weighted by molar-refractivity contribution is 7.99. The minimum absolute atomic E-state index is 0.313. The maximum absolute atomic E-state index is 11.9. The standard InChI is InChI=1S/C15H24N2O2S2/c1-4-16-21(18,19)14-7-5-12(6-8-14)17-13-9-15(2,3)11-20-10-13/h5-8,13,16-17H,4,9-11H2,1-3H3. The zero-order valence-corrected chi connectivity index (χ0v) is 14.5. The summed E-state index contributed by atoms with van der Waals surface area (Å²) in [6.45, 7) is 6.76. The van der Waals surface area contributed by atoms with E-state index >= 15 is 0 Å². The van der Waals surface area contributed by atoms with Crippen molar-refractivity contribution in [2.75, 3.05) is 23.4 Å². The SMILES string of the molecule is CCNS(=O)(=O)c1ccc(NC2CSCC(C)(C)C2)cc1. The zero-order valence-electron chi connectivity index (χ0n) is 12.8. The van der Waals surface area contributed by atoms with Gasteiger partial charge < -0.3 is 5.32 Å². The number of thioether (sulfide) groups is 1. The molecule has 4 nitrogen and oxygen atoms in total. The van der Waals surface area contributed by atoms with E-state index in [1.807, 2.05) is 23.9 Å². The molecule has 21 heavy (non-hydrogen) atoms. The van der Waals surface area contributed by atoms with Crippen molar-refractivity contribution < 1.29 is 8.42 Å². The summed E-state index contributed by atoms with van der Waals surface area (Å²) in [6, 6.07) is 7.44. The smallest absolute Gasteiger partial charge is 0.240 e. The second-order valence-electron chi connectivity index (χ2n) is 6.25. The van der Waals surface area contributed by atoms with Crippen molar-refractivity contribution >= 4 is 27.5 Å². The van der Waals surface area contributed by atoms with Crippen molar-refractivity contribution in [3.8, 4) is 0 Å². The van der Waals surface area contributed by atoms with Crippen LogP contribution in [0.3, 0.4) is 0 Å². The molecule has 1 aliphatic rings. The van der Waals surface area contributed by atoms with Crippen LogP contribution in [-0.4, -0.2) is 32.5 Å². The monoisotopic (exact) mass is 328 g/mol. The lowest BCUT2D eigenvalue weighted by Crippen LogP contribution is -2.35. The predicted molar refractivity (Wildman–Crippen MR) is 90.4 cm³/mol. The number of nitrogens with one attached hydrogen (secondary N) is 2. The Morgan fingerprint density at radius 2 is 1.95 bits per heavy atom. The van der Waals surface area contributed by atoms with Gasteiger partial charge in [0.2, 0.25) is 10.0 Å². The van der Waals surface area contributed by atoms with E-state index in [2.05, 4.69) is 23.9 Å². The largest absolute Gasteiger partial charge is 0.381 e. The van der Waals surface area contributed by atoms with Crippen molar-refractivity contribution in [1.82, 2.24) is 4.72 Å². The van der Waals surface area contributed by atoms with E-state index in [4.69, 9.17) is 0 Å². The Morgan fingerprint density at radius 1 is 1.29 bits per heavy atom. The fourth-order valence-electron chi connectivity index (χ4n) is 2.59. The lowest BCUT2D eigenvalue weighted by atomic mass is 9.88. The third-order valence-electron chi connectivity index (χ3n) is 3.48. The molecule has 0 amide bonds. The van der Waals surface area contributed by atoms with Crippen LogP contribution < -0.4 is 10.0 Å². The van der Waals surface area contributed by atoms with Crippen molar-refractivity contribution in [2.24, 2.45) is 5.41 Å². The van der Waals surface area contributed by atoms with Crippen LogP contribution in [0.2, 0.25) is 0 Å². The molecule has 0 saturated carbocycles. The first kappa shape index (κ1) is 16.6. The van der Waals surface area contributed by atoms with Gasteiger partial charge in [-0.3, -0.25) is 0 Å². The number of hydrogen-bond donors (Lipinski definition) is 2. The van der Waals surface area contributed by atoms with Crippen LogP contribution in [0.4, 0.5) is 5.69 Å². The second-order valence-corrected chi connectivity index (χ2v) is 9.05. The van der Waals surface area contributed by atoms with Gasteiger partial charge in [-0.05, 0) is 41.9 Å². The maximum atomic E-state index is 11.9. The van der Waals surface area contributed by atoms with E-state index in [-0.39, 0.29) is 0 Å². The van der Waals surface area contributed by atoms with Gasteiger partial charge in [0.25, 0.3) is 0 Å². The molecule has 1 fully saturated rings. The summed E-state index contributed by atoms with van der Waals surface area (Å²) in [5.74, 6) is 2.30. The number of hydrogen-bond acceptors (Lipinski definition) is 4. The lowest BCUT2D eigenvalue weighted by Gasteiger charge is -2.35. The van der Waals surface area contributed by atoms with Gasteiger partial charge in [0.05, 0.1) is 4.90 Å². The topological polar surface area (TPSA) is 58.2 Å². The van der Waals surface area contributed by atoms with E-state index in [0.717, 1.165) is 17.9 Å². The molecule has 1 aliphatic heterocycles. The van der Waals surface area contributed by atoms with Crippen LogP contribution in [0.25, 0.3) is 0 Å². The number of anilines is 1. The highest BCUT2D eigenvalue weighted by Gasteiger charge is 2.28. The summed E-state index contributed by atoms with van der Waals surface area (Å²) < 4.78 is 26.3. The Hall–Kier alpha value is -0.720. The van der Waals surface area contributed by atoms with Crippen molar-refractivity contribution in [1.29, 1.82) is 0 Å². The first-order chi connectivity index (χ1) is 9.82. The van der Waals surface area contributed by atoms with Crippen molar-refractivity contribution in [3.63, 3.8) is 0 Å². The van der Waals surface area contributed by atoms with Gasteiger partial charge >= 0.3 is 0 Å². The minimum atomic E-state index is -3.36. The summed E-state index contributed by atoms with van der Waals surface area (Å²) in [4.78, 5) is 0.313. The van der Waals surface area contributed by atoms with E-state index in [0.29, 0.717) is 22.9 Å². The second kappa shape index (κ2) is 6.58. The van der Waals surface area contributed by atoms with Crippen LogP contribution in [0.5, 0.6) is 0 Å². The summed E-state index contributed by atoms with van der Waals surface area (Å²) >= 11 is 1.97. The maximum Gasteiger partial charge on any atom is 0.240 e. The van der Waals surface area contributed by atoms with Gasteiger partial charge in [-0.25, -0.2) is 13.1 Å².